The predicted octanol–water partition coefficient (Wildman–Crippen LogP) is 2.04. The van der Waals surface area contributed by atoms with E-state index in [1.54, 1.807) is 11.8 Å². The third-order valence-electron chi connectivity index (χ3n) is 5.21. The van der Waals surface area contributed by atoms with Gasteiger partial charge in [-0.1, -0.05) is 18.2 Å². The van der Waals surface area contributed by atoms with Gasteiger partial charge in [0.1, 0.15) is 6.04 Å². The normalized spacial score (nSPS) is 21.8. The fraction of sp³-hybridized carbons (Fsp3) is 0.579. The molecule has 130 valence electrons. The van der Waals surface area contributed by atoms with Crippen LogP contribution in [0.2, 0.25) is 0 Å². The van der Waals surface area contributed by atoms with E-state index in [2.05, 4.69) is 36.1 Å². The minimum atomic E-state index is -0.243. The second-order valence-electron chi connectivity index (χ2n) is 6.82. The highest BCUT2D eigenvalue weighted by Gasteiger charge is 2.35. The number of likely N-dealkylation sites (tertiary alicyclic amines) is 1. The molecule has 0 saturated carbocycles. The fourth-order valence-corrected chi connectivity index (χ4v) is 3.91. The lowest BCUT2D eigenvalue weighted by atomic mass is 10.2. The van der Waals surface area contributed by atoms with Crippen LogP contribution in [0.5, 0.6) is 0 Å². The van der Waals surface area contributed by atoms with Crippen molar-refractivity contribution < 1.29 is 9.59 Å². The van der Waals surface area contributed by atoms with Crippen LogP contribution in [0.3, 0.4) is 0 Å². The lowest BCUT2D eigenvalue weighted by Crippen LogP contribution is -2.48. The van der Waals surface area contributed by atoms with E-state index < -0.39 is 0 Å². The summed E-state index contributed by atoms with van der Waals surface area (Å²) in [5.41, 5.74) is 2.54. The number of nitrogens with zero attached hydrogens (tertiary/aromatic N) is 3. The molecule has 0 bridgehead atoms. The Labute approximate surface area is 144 Å². The Balaban J connectivity index is 1.66. The standard InChI is InChI=1S/C19H27N3O2/c1-15-7-3-4-8-17(15)20-10-6-11-21(14-13-20)19(24)18-9-5-12-22(18)16(2)23/h3-4,7-8,18H,5-6,9-14H2,1-2H3/t18-/m1/s1. The van der Waals surface area contributed by atoms with Crippen LogP contribution >= 0.6 is 0 Å². The molecule has 2 saturated heterocycles. The molecule has 3 rings (SSSR count). The topological polar surface area (TPSA) is 43.9 Å². The number of aryl methyl sites for hydroxylation is 1. The van der Waals surface area contributed by atoms with E-state index in [1.807, 2.05) is 4.90 Å². The van der Waals surface area contributed by atoms with Crippen molar-refractivity contribution in [3.63, 3.8) is 0 Å². The van der Waals surface area contributed by atoms with Crippen LogP contribution in [0.1, 0.15) is 31.7 Å². The maximum absolute atomic E-state index is 12.9. The zero-order valence-corrected chi connectivity index (χ0v) is 14.7. The molecule has 0 aliphatic carbocycles. The van der Waals surface area contributed by atoms with Crippen molar-refractivity contribution in [1.29, 1.82) is 0 Å². The minimum Gasteiger partial charge on any atom is -0.369 e. The van der Waals surface area contributed by atoms with Crippen LogP contribution in [-0.4, -0.2) is 60.4 Å². The van der Waals surface area contributed by atoms with Crippen LogP contribution in [0.15, 0.2) is 24.3 Å². The summed E-state index contributed by atoms with van der Waals surface area (Å²) in [5, 5.41) is 0. The second-order valence-corrected chi connectivity index (χ2v) is 6.82. The van der Waals surface area contributed by atoms with E-state index in [-0.39, 0.29) is 17.9 Å². The third-order valence-corrected chi connectivity index (χ3v) is 5.21. The summed E-state index contributed by atoms with van der Waals surface area (Å²) in [5.74, 6) is 0.150. The molecule has 0 N–H and O–H groups in total. The third kappa shape index (κ3) is 3.40. The van der Waals surface area contributed by atoms with Crippen molar-refractivity contribution >= 4 is 17.5 Å². The summed E-state index contributed by atoms with van der Waals surface area (Å²) in [7, 11) is 0. The predicted molar refractivity (Wildman–Crippen MR) is 95.0 cm³/mol. The maximum atomic E-state index is 12.9. The van der Waals surface area contributed by atoms with Gasteiger partial charge in [-0.3, -0.25) is 9.59 Å². The molecule has 0 unspecified atom stereocenters. The van der Waals surface area contributed by atoms with Crippen molar-refractivity contribution in [2.75, 3.05) is 37.6 Å². The fourth-order valence-electron chi connectivity index (χ4n) is 3.91. The van der Waals surface area contributed by atoms with Gasteiger partial charge in [0.15, 0.2) is 0 Å². The van der Waals surface area contributed by atoms with E-state index in [1.165, 1.54) is 11.3 Å². The van der Waals surface area contributed by atoms with E-state index in [4.69, 9.17) is 0 Å². The summed E-state index contributed by atoms with van der Waals surface area (Å²) in [4.78, 5) is 30.7. The Bertz CT molecular complexity index is 616. The molecule has 2 aliphatic heterocycles. The van der Waals surface area contributed by atoms with E-state index >= 15 is 0 Å². The molecule has 2 fully saturated rings. The van der Waals surface area contributed by atoms with Crippen molar-refractivity contribution in [1.82, 2.24) is 9.80 Å². The monoisotopic (exact) mass is 329 g/mol. The number of anilines is 1. The largest absolute Gasteiger partial charge is 0.369 e. The lowest BCUT2D eigenvalue weighted by Gasteiger charge is -2.29. The molecule has 5 heteroatoms. The molecule has 1 aromatic rings. The summed E-state index contributed by atoms with van der Waals surface area (Å²) in [6, 6.07) is 8.17. The van der Waals surface area contributed by atoms with Gasteiger partial charge >= 0.3 is 0 Å². The molecule has 0 spiro atoms. The van der Waals surface area contributed by atoms with Crippen molar-refractivity contribution in [3.05, 3.63) is 29.8 Å². The molecule has 24 heavy (non-hydrogen) atoms. The number of carbonyl (C=O) groups is 2. The summed E-state index contributed by atoms with van der Waals surface area (Å²) in [6.45, 7) is 7.74. The highest BCUT2D eigenvalue weighted by molar-refractivity contribution is 5.87. The molecule has 0 radical (unpaired) electrons. The highest BCUT2D eigenvalue weighted by atomic mass is 16.2. The molecule has 0 aromatic heterocycles. The van der Waals surface area contributed by atoms with E-state index in [9.17, 15) is 9.59 Å². The summed E-state index contributed by atoms with van der Waals surface area (Å²) >= 11 is 0. The first-order valence-electron chi connectivity index (χ1n) is 8.94. The van der Waals surface area contributed by atoms with Gasteiger partial charge in [0, 0.05) is 45.3 Å². The van der Waals surface area contributed by atoms with Gasteiger partial charge in [0.2, 0.25) is 11.8 Å². The molecule has 2 amide bonds. The molecule has 2 aliphatic rings. The summed E-state index contributed by atoms with van der Waals surface area (Å²) < 4.78 is 0. The van der Waals surface area contributed by atoms with Crippen LogP contribution in [0.25, 0.3) is 0 Å². The van der Waals surface area contributed by atoms with Gasteiger partial charge in [0.05, 0.1) is 0 Å². The Hall–Kier alpha value is -2.04. The SMILES string of the molecule is CC(=O)N1CCC[C@@H]1C(=O)N1CCCN(c2ccccc2C)CC1. The quantitative estimate of drug-likeness (QED) is 0.834. The average Bonchev–Trinajstić information content (AvgIpc) is 2.94. The first-order chi connectivity index (χ1) is 11.6. The van der Waals surface area contributed by atoms with Crippen molar-refractivity contribution in [2.24, 2.45) is 0 Å². The number of hydrogen-bond donors (Lipinski definition) is 0. The van der Waals surface area contributed by atoms with Crippen LogP contribution in [-0.2, 0) is 9.59 Å². The molecule has 1 aromatic carbocycles. The average molecular weight is 329 g/mol. The van der Waals surface area contributed by atoms with Gasteiger partial charge in [0.25, 0.3) is 0 Å². The zero-order chi connectivity index (χ0) is 17.1. The molecular formula is C19H27N3O2. The zero-order valence-electron chi connectivity index (χ0n) is 14.7. The lowest BCUT2D eigenvalue weighted by molar-refractivity contribution is -0.142. The second kappa shape index (κ2) is 7.24. The Morgan fingerprint density at radius 2 is 1.79 bits per heavy atom. The molecule has 2 heterocycles. The number of para-hydroxylation sites is 1. The first kappa shape index (κ1) is 16.8. The van der Waals surface area contributed by atoms with E-state index in [0.29, 0.717) is 0 Å². The Morgan fingerprint density at radius 1 is 1.00 bits per heavy atom. The number of rotatable bonds is 2. The van der Waals surface area contributed by atoms with Crippen molar-refractivity contribution in [3.8, 4) is 0 Å². The van der Waals surface area contributed by atoms with Gasteiger partial charge in [-0.2, -0.15) is 0 Å². The van der Waals surface area contributed by atoms with Crippen LogP contribution in [0.4, 0.5) is 5.69 Å². The van der Waals surface area contributed by atoms with Gasteiger partial charge < -0.3 is 14.7 Å². The first-order valence-corrected chi connectivity index (χ1v) is 8.94. The van der Waals surface area contributed by atoms with E-state index in [0.717, 1.165) is 52.0 Å². The van der Waals surface area contributed by atoms with Gasteiger partial charge in [-0.05, 0) is 37.8 Å². The van der Waals surface area contributed by atoms with Gasteiger partial charge in [-0.15, -0.1) is 0 Å². The summed E-state index contributed by atoms with van der Waals surface area (Å²) in [6.07, 6.45) is 2.70. The number of carbonyl (C=O) groups excluding carboxylic acids is 2. The Morgan fingerprint density at radius 3 is 2.54 bits per heavy atom. The smallest absolute Gasteiger partial charge is 0.245 e. The Kier molecular flexibility index (Phi) is 5.07. The van der Waals surface area contributed by atoms with Crippen LogP contribution < -0.4 is 4.90 Å². The van der Waals surface area contributed by atoms with Crippen LogP contribution in [0, 0.1) is 6.92 Å². The van der Waals surface area contributed by atoms with Crippen molar-refractivity contribution in [2.45, 2.75) is 39.2 Å². The molecule has 5 nitrogen and oxygen atoms in total. The molecule has 1 atom stereocenters. The number of amides is 2. The highest BCUT2D eigenvalue weighted by Crippen LogP contribution is 2.23. The minimum absolute atomic E-state index is 0.0159. The van der Waals surface area contributed by atoms with Gasteiger partial charge in [-0.25, -0.2) is 0 Å². The maximum Gasteiger partial charge on any atom is 0.245 e. The molecular weight excluding hydrogens is 302 g/mol. The number of benzene rings is 1. The number of hydrogen-bond acceptors (Lipinski definition) is 3.